The van der Waals surface area contributed by atoms with Crippen LogP contribution < -0.4 is 4.74 Å². The third-order valence-electron chi connectivity index (χ3n) is 1.74. The van der Waals surface area contributed by atoms with Crippen LogP contribution in [0.4, 0.5) is 17.6 Å². The average molecular weight is 237 g/mol. The van der Waals surface area contributed by atoms with Crippen molar-refractivity contribution < 1.29 is 28.5 Å². The maximum Gasteiger partial charge on any atom is 0.340 e. The summed E-state index contributed by atoms with van der Waals surface area (Å²) < 4.78 is 60.1. The van der Waals surface area contributed by atoms with Gasteiger partial charge in [-0.15, -0.1) is 0 Å². The van der Waals surface area contributed by atoms with E-state index in [-0.39, 0.29) is 11.3 Å². The number of benzene rings is 1. The standard InChI is InChI=1S/C10H8F4O2/c11-9(12)10(13,14)6-16-8-4-2-1-3-7(8)5-15/h1-5,9H,6H2/i5D. The number of rotatable bonds is 5. The van der Waals surface area contributed by atoms with Gasteiger partial charge in [-0.1, -0.05) is 12.1 Å². The molecule has 1 aromatic carbocycles. The van der Waals surface area contributed by atoms with Gasteiger partial charge in [0.25, 0.3) is 0 Å². The molecule has 2 nitrogen and oxygen atoms in total. The molecule has 0 N–H and O–H groups in total. The summed E-state index contributed by atoms with van der Waals surface area (Å²) in [6.07, 6.45) is -4.98. The molecule has 1 rings (SSSR count). The molecule has 16 heavy (non-hydrogen) atoms. The molecule has 0 atom stereocenters. The van der Waals surface area contributed by atoms with Crippen LogP contribution in [0.3, 0.4) is 0 Å². The van der Waals surface area contributed by atoms with E-state index in [2.05, 4.69) is 4.74 Å². The average Bonchev–Trinajstić information content (AvgIpc) is 2.26. The second kappa shape index (κ2) is 4.96. The molecule has 0 fully saturated rings. The molecule has 0 unspecified atom stereocenters. The Morgan fingerprint density at radius 2 is 2.06 bits per heavy atom. The highest BCUT2D eigenvalue weighted by molar-refractivity contribution is 5.79. The van der Waals surface area contributed by atoms with E-state index in [9.17, 15) is 22.4 Å². The van der Waals surface area contributed by atoms with Crippen molar-refractivity contribution in [3.8, 4) is 5.75 Å². The Balaban J connectivity index is 2.79. The Hall–Kier alpha value is -1.59. The lowest BCUT2D eigenvalue weighted by Gasteiger charge is -2.16. The summed E-state index contributed by atoms with van der Waals surface area (Å²) in [6.45, 7) is -1.55. The van der Waals surface area contributed by atoms with Gasteiger partial charge in [0.2, 0.25) is 0 Å². The molecule has 0 saturated heterocycles. The van der Waals surface area contributed by atoms with E-state index in [4.69, 9.17) is 1.37 Å². The van der Waals surface area contributed by atoms with Gasteiger partial charge >= 0.3 is 12.3 Å². The second-order valence-corrected chi connectivity index (χ2v) is 2.95. The summed E-state index contributed by atoms with van der Waals surface area (Å²) in [7, 11) is 0. The first kappa shape index (κ1) is 10.9. The fourth-order valence-electron chi connectivity index (χ4n) is 0.914. The van der Waals surface area contributed by atoms with Crippen LogP contribution in [0.1, 0.15) is 11.7 Å². The molecule has 0 aliphatic carbocycles. The van der Waals surface area contributed by atoms with Gasteiger partial charge in [-0.2, -0.15) is 8.78 Å². The highest BCUT2D eigenvalue weighted by atomic mass is 19.3. The highest BCUT2D eigenvalue weighted by Crippen LogP contribution is 2.25. The lowest BCUT2D eigenvalue weighted by molar-refractivity contribution is -0.148. The molecule has 88 valence electrons. The minimum atomic E-state index is -4.29. The summed E-state index contributed by atoms with van der Waals surface area (Å²) >= 11 is 0. The quantitative estimate of drug-likeness (QED) is 0.581. The normalized spacial score (nSPS) is 12.4. The monoisotopic (exact) mass is 237 g/mol. The smallest absolute Gasteiger partial charge is 0.340 e. The largest absolute Gasteiger partial charge is 0.486 e. The van der Waals surface area contributed by atoms with Gasteiger partial charge in [0.05, 0.1) is 5.56 Å². The number of hydrogen-bond donors (Lipinski definition) is 0. The number of carbonyl (C=O) groups excluding carboxylic acids is 1. The van der Waals surface area contributed by atoms with E-state index >= 15 is 0 Å². The molecule has 0 spiro atoms. The van der Waals surface area contributed by atoms with Gasteiger partial charge in [0.1, 0.15) is 7.12 Å². The summed E-state index contributed by atoms with van der Waals surface area (Å²) in [5.74, 6) is -4.61. The van der Waals surface area contributed by atoms with Crippen LogP contribution in [0.15, 0.2) is 24.3 Å². The predicted octanol–water partition coefficient (Wildman–Crippen LogP) is 2.78. The van der Waals surface area contributed by atoms with Crippen molar-refractivity contribution in [2.75, 3.05) is 6.61 Å². The van der Waals surface area contributed by atoms with Crippen LogP contribution in [0.2, 0.25) is 0 Å². The molecule has 0 bridgehead atoms. The summed E-state index contributed by atoms with van der Waals surface area (Å²) in [6, 6.07) is 5.12. The fourth-order valence-corrected chi connectivity index (χ4v) is 0.914. The van der Waals surface area contributed by atoms with Crippen molar-refractivity contribution >= 4 is 6.26 Å². The number of carbonyl (C=O) groups is 1. The minimum Gasteiger partial charge on any atom is -0.486 e. The van der Waals surface area contributed by atoms with Crippen LogP contribution in [0.5, 0.6) is 5.75 Å². The molecule has 0 aliphatic heterocycles. The Labute approximate surface area is 90.2 Å². The summed E-state index contributed by atoms with van der Waals surface area (Å²) in [5, 5.41) is 0. The molecule has 0 heterocycles. The number of halogens is 4. The molecular weight excluding hydrogens is 228 g/mol. The predicted molar refractivity (Wildman–Crippen MR) is 48.3 cm³/mol. The topological polar surface area (TPSA) is 26.3 Å². The first-order valence-electron chi connectivity index (χ1n) is 4.73. The Bertz CT molecular complexity index is 409. The number of alkyl halides is 4. The zero-order valence-electron chi connectivity index (χ0n) is 8.92. The Morgan fingerprint density at radius 3 is 2.62 bits per heavy atom. The van der Waals surface area contributed by atoms with Crippen LogP contribution in [0, 0.1) is 0 Å². The molecule has 6 heteroatoms. The van der Waals surface area contributed by atoms with Crippen LogP contribution in [-0.4, -0.2) is 25.2 Å². The van der Waals surface area contributed by atoms with E-state index < -0.39 is 25.2 Å². The molecular formula is C10H8F4O2. The van der Waals surface area contributed by atoms with Crippen molar-refractivity contribution in [2.24, 2.45) is 0 Å². The molecule has 0 aliphatic rings. The fraction of sp³-hybridized carbons (Fsp3) is 0.300. The first-order valence-corrected chi connectivity index (χ1v) is 4.23. The zero-order chi connectivity index (χ0) is 13.1. The number of hydrogen-bond acceptors (Lipinski definition) is 2. The third kappa shape index (κ3) is 2.95. The zero-order valence-corrected chi connectivity index (χ0v) is 7.92. The molecule has 0 aromatic heterocycles. The van der Waals surface area contributed by atoms with Crippen LogP contribution in [0.25, 0.3) is 0 Å². The van der Waals surface area contributed by atoms with Gasteiger partial charge in [-0.25, -0.2) is 8.78 Å². The van der Waals surface area contributed by atoms with Crippen molar-refractivity contribution in [3.63, 3.8) is 0 Å². The number of aldehydes is 1. The summed E-state index contributed by atoms with van der Waals surface area (Å²) in [4.78, 5) is 10.8. The van der Waals surface area contributed by atoms with E-state index in [0.717, 1.165) is 6.07 Å². The molecule has 0 saturated carbocycles. The van der Waals surface area contributed by atoms with E-state index in [1.807, 2.05) is 0 Å². The van der Waals surface area contributed by atoms with Crippen molar-refractivity contribution in [1.29, 1.82) is 0 Å². The molecule has 1 aromatic rings. The maximum atomic E-state index is 12.6. The Morgan fingerprint density at radius 1 is 1.44 bits per heavy atom. The highest BCUT2D eigenvalue weighted by Gasteiger charge is 2.41. The van der Waals surface area contributed by atoms with E-state index in [1.165, 1.54) is 18.2 Å². The van der Waals surface area contributed by atoms with Crippen LogP contribution in [-0.2, 0) is 0 Å². The van der Waals surface area contributed by atoms with Crippen molar-refractivity contribution in [1.82, 2.24) is 0 Å². The van der Waals surface area contributed by atoms with Crippen molar-refractivity contribution in [3.05, 3.63) is 29.8 Å². The van der Waals surface area contributed by atoms with Crippen molar-refractivity contribution in [2.45, 2.75) is 12.3 Å². The van der Waals surface area contributed by atoms with Gasteiger partial charge < -0.3 is 4.74 Å². The third-order valence-corrected chi connectivity index (χ3v) is 1.74. The van der Waals surface area contributed by atoms with Gasteiger partial charge in [-0.3, -0.25) is 4.79 Å². The van der Waals surface area contributed by atoms with Gasteiger partial charge in [-0.05, 0) is 12.1 Å². The first-order chi connectivity index (χ1) is 7.84. The van der Waals surface area contributed by atoms with Gasteiger partial charge in [0, 0.05) is 0 Å². The second-order valence-electron chi connectivity index (χ2n) is 2.95. The minimum absolute atomic E-state index is 0.252. The number of para-hydroxylation sites is 1. The number of ether oxygens (including phenoxy) is 1. The SMILES string of the molecule is [2H]C(=O)c1ccccc1OCC(F)(F)C(F)F. The van der Waals surface area contributed by atoms with Gasteiger partial charge in [0.15, 0.2) is 12.9 Å². The lowest BCUT2D eigenvalue weighted by Crippen LogP contribution is -2.33. The van der Waals surface area contributed by atoms with E-state index in [1.54, 1.807) is 0 Å². The van der Waals surface area contributed by atoms with Crippen LogP contribution >= 0.6 is 0 Å². The maximum absolute atomic E-state index is 12.6. The van der Waals surface area contributed by atoms with E-state index in [0.29, 0.717) is 0 Å². The Kier molecular flexibility index (Phi) is 3.38. The molecule has 0 radical (unpaired) electrons. The lowest BCUT2D eigenvalue weighted by atomic mass is 10.2. The molecule has 0 amide bonds. The summed E-state index contributed by atoms with van der Waals surface area (Å²) in [5.41, 5.74) is -0.252.